The van der Waals surface area contributed by atoms with E-state index < -0.39 is 11.9 Å². The van der Waals surface area contributed by atoms with E-state index in [1.54, 1.807) is 0 Å². The molecular formula is C20H21N3O2. The Morgan fingerprint density at radius 1 is 1.00 bits per heavy atom. The van der Waals surface area contributed by atoms with Crippen molar-refractivity contribution in [2.75, 3.05) is 0 Å². The van der Waals surface area contributed by atoms with E-state index >= 15 is 0 Å². The summed E-state index contributed by atoms with van der Waals surface area (Å²) in [5, 5.41) is 12.1. The Hall–Kier alpha value is -3.13. The van der Waals surface area contributed by atoms with E-state index in [-0.39, 0.29) is 11.3 Å². The van der Waals surface area contributed by atoms with Gasteiger partial charge in [-0.05, 0) is 40.8 Å². The van der Waals surface area contributed by atoms with Gasteiger partial charge in [-0.15, -0.1) is 0 Å². The van der Waals surface area contributed by atoms with Crippen LogP contribution in [0.1, 0.15) is 58.7 Å². The minimum absolute atomic E-state index is 0.0199. The predicted molar refractivity (Wildman–Crippen MR) is 95.9 cm³/mol. The molecule has 2 rings (SSSR count). The molecule has 2 aromatic carbocycles. The molecule has 5 nitrogen and oxygen atoms in total. The second kappa shape index (κ2) is 7.18. The molecule has 0 saturated carbocycles. The molecule has 25 heavy (non-hydrogen) atoms. The fourth-order valence-electron chi connectivity index (χ4n) is 2.37. The van der Waals surface area contributed by atoms with Crippen molar-refractivity contribution in [1.29, 1.82) is 5.26 Å². The monoisotopic (exact) mass is 335 g/mol. The van der Waals surface area contributed by atoms with Gasteiger partial charge in [-0.25, -0.2) is 0 Å². The number of nitriles is 1. The van der Waals surface area contributed by atoms with Crippen molar-refractivity contribution in [3.8, 4) is 6.07 Å². The summed E-state index contributed by atoms with van der Waals surface area (Å²) in [6.07, 6.45) is 0. The highest BCUT2D eigenvalue weighted by Crippen LogP contribution is 2.24. The fraction of sp³-hybridized carbons (Fsp3) is 0.250. The Morgan fingerprint density at radius 3 is 1.96 bits per heavy atom. The van der Waals surface area contributed by atoms with Gasteiger partial charge < -0.3 is 11.1 Å². The molecule has 0 heterocycles. The maximum Gasteiger partial charge on any atom is 0.252 e. The normalized spacial score (nSPS) is 12.1. The number of nitrogens with zero attached hydrogens (tertiary/aromatic N) is 1. The molecule has 0 aliphatic rings. The average Bonchev–Trinajstić information content (AvgIpc) is 2.59. The van der Waals surface area contributed by atoms with E-state index in [1.807, 2.05) is 24.3 Å². The minimum Gasteiger partial charge on any atom is -0.366 e. The summed E-state index contributed by atoms with van der Waals surface area (Å²) < 4.78 is 0. The first-order valence-electron chi connectivity index (χ1n) is 7.93. The molecule has 1 unspecified atom stereocenters. The van der Waals surface area contributed by atoms with Gasteiger partial charge in [0.05, 0.1) is 6.07 Å². The SMILES string of the molecule is CC(C)(C)c1ccc(C(C#N)NC(=O)c2ccc(C(N)=O)cc2)cc1. The molecule has 2 amide bonds. The highest BCUT2D eigenvalue weighted by atomic mass is 16.2. The molecule has 3 N–H and O–H groups in total. The Morgan fingerprint density at radius 2 is 1.52 bits per heavy atom. The number of carbonyl (C=O) groups is 2. The summed E-state index contributed by atoms with van der Waals surface area (Å²) in [5.74, 6) is -0.941. The zero-order chi connectivity index (χ0) is 18.6. The second-order valence-electron chi connectivity index (χ2n) is 6.85. The van der Waals surface area contributed by atoms with Crippen molar-refractivity contribution in [1.82, 2.24) is 5.32 Å². The van der Waals surface area contributed by atoms with Gasteiger partial charge in [0.2, 0.25) is 5.91 Å². The van der Waals surface area contributed by atoms with Gasteiger partial charge in [-0.1, -0.05) is 45.0 Å². The molecule has 0 bridgehead atoms. The van der Waals surface area contributed by atoms with Crippen molar-refractivity contribution >= 4 is 11.8 Å². The Labute approximate surface area is 147 Å². The van der Waals surface area contributed by atoms with Gasteiger partial charge in [-0.3, -0.25) is 9.59 Å². The Balaban J connectivity index is 2.15. The van der Waals surface area contributed by atoms with Crippen molar-refractivity contribution in [3.63, 3.8) is 0 Å². The van der Waals surface area contributed by atoms with Crippen LogP contribution in [0.15, 0.2) is 48.5 Å². The largest absolute Gasteiger partial charge is 0.366 e. The molecule has 0 aromatic heterocycles. The van der Waals surface area contributed by atoms with Crippen LogP contribution >= 0.6 is 0 Å². The summed E-state index contributed by atoms with van der Waals surface area (Å²) >= 11 is 0. The third kappa shape index (κ3) is 4.45. The molecule has 0 fully saturated rings. The highest BCUT2D eigenvalue weighted by Gasteiger charge is 2.18. The zero-order valence-electron chi connectivity index (χ0n) is 14.5. The Kier molecular flexibility index (Phi) is 5.23. The maximum atomic E-state index is 12.3. The number of amides is 2. The number of hydrogen-bond donors (Lipinski definition) is 2. The maximum absolute atomic E-state index is 12.3. The molecule has 0 radical (unpaired) electrons. The molecule has 0 aliphatic carbocycles. The summed E-state index contributed by atoms with van der Waals surface area (Å²) in [4.78, 5) is 23.4. The average molecular weight is 335 g/mol. The smallest absolute Gasteiger partial charge is 0.252 e. The van der Waals surface area contributed by atoms with E-state index in [1.165, 1.54) is 24.3 Å². The van der Waals surface area contributed by atoms with Gasteiger partial charge in [0.25, 0.3) is 5.91 Å². The van der Waals surface area contributed by atoms with Gasteiger partial charge in [0.1, 0.15) is 6.04 Å². The predicted octanol–water partition coefficient (Wildman–Crippen LogP) is 3.08. The van der Waals surface area contributed by atoms with Crippen LogP contribution in [-0.4, -0.2) is 11.8 Å². The van der Waals surface area contributed by atoms with Crippen molar-refractivity contribution in [3.05, 3.63) is 70.8 Å². The lowest BCUT2D eigenvalue weighted by Crippen LogP contribution is -2.27. The van der Waals surface area contributed by atoms with Crippen LogP contribution in [0.25, 0.3) is 0 Å². The molecule has 0 saturated heterocycles. The van der Waals surface area contributed by atoms with Gasteiger partial charge >= 0.3 is 0 Å². The summed E-state index contributed by atoms with van der Waals surface area (Å²) in [6.45, 7) is 6.34. The van der Waals surface area contributed by atoms with Gasteiger partial charge in [-0.2, -0.15) is 5.26 Å². The van der Waals surface area contributed by atoms with Crippen molar-refractivity contribution < 1.29 is 9.59 Å². The highest BCUT2D eigenvalue weighted by molar-refractivity contribution is 5.97. The van der Waals surface area contributed by atoms with Crippen LogP contribution in [0.3, 0.4) is 0 Å². The van der Waals surface area contributed by atoms with Gasteiger partial charge in [0.15, 0.2) is 0 Å². The zero-order valence-corrected chi connectivity index (χ0v) is 14.5. The molecule has 5 heteroatoms. The third-order valence-electron chi connectivity index (χ3n) is 3.95. The molecule has 0 spiro atoms. The summed E-state index contributed by atoms with van der Waals surface area (Å²) in [5.41, 5.74) is 7.76. The minimum atomic E-state index is -0.752. The number of primary amides is 1. The van der Waals surface area contributed by atoms with Crippen LogP contribution < -0.4 is 11.1 Å². The van der Waals surface area contributed by atoms with Crippen molar-refractivity contribution in [2.24, 2.45) is 5.73 Å². The first-order valence-corrected chi connectivity index (χ1v) is 7.93. The van der Waals surface area contributed by atoms with Crippen LogP contribution in [0.2, 0.25) is 0 Å². The lowest BCUT2D eigenvalue weighted by Gasteiger charge is -2.20. The standard InChI is InChI=1S/C20H21N3O2/c1-20(2,3)16-10-8-13(9-11-16)17(12-21)23-19(25)15-6-4-14(5-7-15)18(22)24/h4-11,17H,1-3H3,(H2,22,24)(H,23,25). The van der Waals surface area contributed by atoms with E-state index in [0.29, 0.717) is 11.1 Å². The topological polar surface area (TPSA) is 96.0 Å². The molecule has 128 valence electrons. The summed E-state index contributed by atoms with van der Waals surface area (Å²) in [6, 6.07) is 15.0. The second-order valence-corrected chi connectivity index (χ2v) is 6.85. The molecule has 0 aliphatic heterocycles. The summed E-state index contributed by atoms with van der Waals surface area (Å²) in [7, 11) is 0. The van der Waals surface area contributed by atoms with Crippen molar-refractivity contribution in [2.45, 2.75) is 32.2 Å². The van der Waals surface area contributed by atoms with Crippen LogP contribution in [0.5, 0.6) is 0 Å². The van der Waals surface area contributed by atoms with Crippen LogP contribution in [0, 0.1) is 11.3 Å². The number of hydrogen-bond acceptors (Lipinski definition) is 3. The molecular weight excluding hydrogens is 314 g/mol. The van der Waals surface area contributed by atoms with E-state index in [2.05, 4.69) is 32.2 Å². The number of rotatable bonds is 4. The van der Waals surface area contributed by atoms with E-state index in [9.17, 15) is 14.9 Å². The number of carbonyl (C=O) groups excluding carboxylic acids is 2. The quantitative estimate of drug-likeness (QED) is 0.898. The third-order valence-corrected chi connectivity index (χ3v) is 3.95. The number of nitrogens with two attached hydrogens (primary N) is 1. The first-order chi connectivity index (χ1) is 11.7. The van der Waals surface area contributed by atoms with Gasteiger partial charge in [0, 0.05) is 11.1 Å². The molecule has 1 atom stereocenters. The number of benzene rings is 2. The fourth-order valence-corrected chi connectivity index (χ4v) is 2.37. The van der Waals surface area contributed by atoms with Crippen LogP contribution in [-0.2, 0) is 5.41 Å². The molecule has 2 aromatic rings. The number of nitrogens with one attached hydrogen (secondary N) is 1. The van der Waals surface area contributed by atoms with E-state index in [0.717, 1.165) is 11.1 Å². The van der Waals surface area contributed by atoms with E-state index in [4.69, 9.17) is 5.73 Å². The van der Waals surface area contributed by atoms with Crippen LogP contribution in [0.4, 0.5) is 0 Å². The lowest BCUT2D eigenvalue weighted by atomic mass is 9.86. The lowest BCUT2D eigenvalue weighted by molar-refractivity contribution is 0.0942. The Bertz CT molecular complexity index is 810. The first kappa shape index (κ1) is 18.2.